The van der Waals surface area contributed by atoms with E-state index in [1.54, 1.807) is 31.2 Å². The third-order valence-corrected chi connectivity index (χ3v) is 4.15. The summed E-state index contributed by atoms with van der Waals surface area (Å²) in [5.41, 5.74) is 0.548. The molecule has 0 radical (unpaired) electrons. The van der Waals surface area contributed by atoms with E-state index >= 15 is 0 Å². The smallest absolute Gasteiger partial charge is 0.237 e. The van der Waals surface area contributed by atoms with Gasteiger partial charge in [0.1, 0.15) is 17.4 Å². The molecule has 0 fully saturated rings. The lowest BCUT2D eigenvalue weighted by molar-refractivity contribution is -0.115. The fourth-order valence-electron chi connectivity index (χ4n) is 1.90. The summed E-state index contributed by atoms with van der Waals surface area (Å²) in [4.78, 5) is 12.4. The number of ether oxygens (including phenoxy) is 1. The summed E-state index contributed by atoms with van der Waals surface area (Å²) in [6, 6.07) is 10.2. The van der Waals surface area contributed by atoms with Crippen LogP contribution in [0.2, 0.25) is 0 Å². The van der Waals surface area contributed by atoms with Gasteiger partial charge in [-0.2, -0.15) is 0 Å². The van der Waals surface area contributed by atoms with Gasteiger partial charge < -0.3 is 10.1 Å². The summed E-state index contributed by atoms with van der Waals surface area (Å²) in [6.45, 7) is 3.96. The summed E-state index contributed by atoms with van der Waals surface area (Å²) < 4.78 is 32.3. The summed E-state index contributed by atoms with van der Waals surface area (Å²) in [6.07, 6.45) is 0. The first-order valence-corrected chi connectivity index (χ1v) is 8.03. The lowest BCUT2D eigenvalue weighted by Gasteiger charge is -2.15. The number of hydrogen-bond acceptors (Lipinski definition) is 3. The number of thioether (sulfide) groups is 1. The highest BCUT2D eigenvalue weighted by Gasteiger charge is 2.18. The molecule has 1 atom stereocenters. The standard InChI is InChI=1S/C17H17F2NO2S/c1-3-22-15-7-5-4-6-14(15)20-17(21)11(2)23-16-10-12(18)8-9-13(16)19/h4-11H,3H2,1-2H3,(H,20,21)/t11-/m0/s1. The number of para-hydroxylation sites is 2. The highest BCUT2D eigenvalue weighted by molar-refractivity contribution is 8.00. The molecule has 2 aromatic carbocycles. The van der Waals surface area contributed by atoms with Gasteiger partial charge in [-0.1, -0.05) is 12.1 Å². The second kappa shape index (κ2) is 7.97. The van der Waals surface area contributed by atoms with Crippen LogP contribution < -0.4 is 10.1 Å². The molecule has 0 saturated carbocycles. The van der Waals surface area contributed by atoms with Gasteiger partial charge in [0.05, 0.1) is 17.5 Å². The third-order valence-electron chi connectivity index (χ3n) is 3.01. The third kappa shape index (κ3) is 4.69. The van der Waals surface area contributed by atoms with E-state index in [4.69, 9.17) is 4.74 Å². The number of nitrogens with one attached hydrogen (secondary N) is 1. The zero-order chi connectivity index (χ0) is 16.8. The lowest BCUT2D eigenvalue weighted by atomic mass is 10.3. The normalized spacial score (nSPS) is 11.8. The molecular weight excluding hydrogens is 320 g/mol. The van der Waals surface area contributed by atoms with E-state index in [-0.39, 0.29) is 10.8 Å². The van der Waals surface area contributed by atoms with Crippen LogP contribution in [0.5, 0.6) is 5.75 Å². The monoisotopic (exact) mass is 337 g/mol. The van der Waals surface area contributed by atoms with Crippen molar-refractivity contribution in [1.29, 1.82) is 0 Å². The minimum atomic E-state index is -0.596. The van der Waals surface area contributed by atoms with Gasteiger partial charge in [-0.15, -0.1) is 11.8 Å². The quantitative estimate of drug-likeness (QED) is 0.790. The summed E-state index contributed by atoms with van der Waals surface area (Å²) >= 11 is 0.963. The molecular formula is C17H17F2NO2S. The Balaban J connectivity index is 2.07. The van der Waals surface area contributed by atoms with E-state index in [9.17, 15) is 13.6 Å². The molecule has 6 heteroatoms. The zero-order valence-corrected chi connectivity index (χ0v) is 13.6. The van der Waals surface area contributed by atoms with Gasteiger partial charge in [0.15, 0.2) is 0 Å². The molecule has 0 bridgehead atoms. The van der Waals surface area contributed by atoms with Crippen molar-refractivity contribution < 1.29 is 18.3 Å². The van der Waals surface area contributed by atoms with Gasteiger partial charge in [0.2, 0.25) is 5.91 Å². The Bertz CT molecular complexity index is 694. The number of halogens is 2. The van der Waals surface area contributed by atoms with E-state index < -0.39 is 16.9 Å². The SMILES string of the molecule is CCOc1ccccc1NC(=O)[C@H](C)Sc1cc(F)ccc1F. The molecule has 1 amide bonds. The molecule has 2 rings (SSSR count). The van der Waals surface area contributed by atoms with Crippen LogP contribution in [0.1, 0.15) is 13.8 Å². The molecule has 1 N–H and O–H groups in total. The first-order chi connectivity index (χ1) is 11.0. The van der Waals surface area contributed by atoms with Crippen LogP contribution in [0.15, 0.2) is 47.4 Å². The molecule has 0 saturated heterocycles. The predicted molar refractivity (Wildman–Crippen MR) is 87.9 cm³/mol. The lowest BCUT2D eigenvalue weighted by Crippen LogP contribution is -2.22. The molecule has 0 aliphatic rings. The van der Waals surface area contributed by atoms with E-state index in [0.717, 1.165) is 30.0 Å². The van der Waals surface area contributed by atoms with Crippen LogP contribution in [-0.2, 0) is 4.79 Å². The van der Waals surface area contributed by atoms with E-state index in [1.807, 2.05) is 6.92 Å². The van der Waals surface area contributed by atoms with Crippen molar-refractivity contribution in [3.8, 4) is 5.75 Å². The van der Waals surface area contributed by atoms with Crippen LogP contribution in [0, 0.1) is 11.6 Å². The van der Waals surface area contributed by atoms with Crippen LogP contribution in [0.4, 0.5) is 14.5 Å². The molecule has 0 spiro atoms. The number of benzene rings is 2. The molecule has 0 aliphatic carbocycles. The summed E-state index contributed by atoms with van der Waals surface area (Å²) in [5.74, 6) is -0.836. The number of anilines is 1. The summed E-state index contributed by atoms with van der Waals surface area (Å²) in [5, 5.41) is 2.15. The largest absolute Gasteiger partial charge is 0.492 e. The van der Waals surface area contributed by atoms with Gasteiger partial charge >= 0.3 is 0 Å². The fraction of sp³-hybridized carbons (Fsp3) is 0.235. The minimum absolute atomic E-state index is 0.103. The number of rotatable bonds is 6. The highest BCUT2D eigenvalue weighted by atomic mass is 32.2. The van der Waals surface area contributed by atoms with Crippen molar-refractivity contribution in [2.75, 3.05) is 11.9 Å². The van der Waals surface area contributed by atoms with Gasteiger partial charge in [0, 0.05) is 4.90 Å². The maximum atomic E-state index is 13.6. The average Bonchev–Trinajstić information content (AvgIpc) is 2.53. The fourth-order valence-corrected chi connectivity index (χ4v) is 2.81. The van der Waals surface area contributed by atoms with E-state index in [2.05, 4.69) is 5.32 Å². The maximum Gasteiger partial charge on any atom is 0.237 e. The number of amides is 1. The van der Waals surface area contributed by atoms with Crippen molar-refractivity contribution in [3.63, 3.8) is 0 Å². The second-order valence-corrected chi connectivity index (χ2v) is 6.14. The van der Waals surface area contributed by atoms with Gasteiger partial charge in [-0.05, 0) is 44.2 Å². The molecule has 23 heavy (non-hydrogen) atoms. The van der Waals surface area contributed by atoms with Gasteiger partial charge in [-0.3, -0.25) is 4.79 Å². The summed E-state index contributed by atoms with van der Waals surface area (Å²) in [7, 11) is 0. The molecule has 2 aromatic rings. The maximum absolute atomic E-state index is 13.6. The van der Waals surface area contributed by atoms with Crippen LogP contribution >= 0.6 is 11.8 Å². The second-order valence-electron chi connectivity index (χ2n) is 4.75. The molecule has 3 nitrogen and oxygen atoms in total. The Morgan fingerprint density at radius 3 is 2.74 bits per heavy atom. The van der Waals surface area contributed by atoms with E-state index in [1.165, 1.54) is 0 Å². The Labute approximate surface area is 138 Å². The Hall–Kier alpha value is -2.08. The Morgan fingerprint density at radius 1 is 1.26 bits per heavy atom. The first kappa shape index (κ1) is 17.3. The van der Waals surface area contributed by atoms with Crippen molar-refractivity contribution >= 4 is 23.4 Å². The molecule has 0 unspecified atom stereocenters. The Kier molecular flexibility index (Phi) is 5.98. The molecule has 0 heterocycles. The number of hydrogen-bond donors (Lipinski definition) is 1. The minimum Gasteiger partial charge on any atom is -0.492 e. The van der Waals surface area contributed by atoms with Crippen molar-refractivity contribution in [1.82, 2.24) is 0 Å². The molecule has 0 aliphatic heterocycles. The molecule has 122 valence electrons. The van der Waals surface area contributed by atoms with Crippen molar-refractivity contribution in [2.45, 2.75) is 24.0 Å². The number of carbonyl (C=O) groups is 1. The van der Waals surface area contributed by atoms with Crippen LogP contribution in [0.25, 0.3) is 0 Å². The van der Waals surface area contributed by atoms with Gasteiger partial charge in [0.25, 0.3) is 0 Å². The Morgan fingerprint density at radius 2 is 2.00 bits per heavy atom. The van der Waals surface area contributed by atoms with Gasteiger partial charge in [-0.25, -0.2) is 8.78 Å². The van der Waals surface area contributed by atoms with Crippen LogP contribution in [0.3, 0.4) is 0 Å². The highest BCUT2D eigenvalue weighted by Crippen LogP contribution is 2.29. The predicted octanol–water partition coefficient (Wildman–Crippen LogP) is 4.48. The first-order valence-electron chi connectivity index (χ1n) is 7.15. The van der Waals surface area contributed by atoms with Crippen LogP contribution in [-0.4, -0.2) is 17.8 Å². The van der Waals surface area contributed by atoms with E-state index in [0.29, 0.717) is 18.0 Å². The number of carbonyl (C=O) groups excluding carboxylic acids is 1. The zero-order valence-electron chi connectivity index (χ0n) is 12.8. The topological polar surface area (TPSA) is 38.3 Å². The van der Waals surface area contributed by atoms with Crippen molar-refractivity contribution in [3.05, 3.63) is 54.1 Å². The molecule has 0 aromatic heterocycles. The van der Waals surface area contributed by atoms with Crippen molar-refractivity contribution in [2.24, 2.45) is 0 Å². The average molecular weight is 337 g/mol.